The third-order valence-corrected chi connectivity index (χ3v) is 12.6. The summed E-state index contributed by atoms with van der Waals surface area (Å²) in [5.41, 5.74) is 0. The van der Waals surface area contributed by atoms with Crippen LogP contribution in [0.2, 0.25) is 0 Å². The molecule has 64 heavy (non-hydrogen) atoms. The Hall–Kier alpha value is -1.88. The highest BCUT2D eigenvalue weighted by Crippen LogP contribution is 2.16. The van der Waals surface area contributed by atoms with Gasteiger partial charge in [-0.05, 0) is 77.0 Å². The molecule has 1 atom stereocenters. The van der Waals surface area contributed by atoms with Crippen molar-refractivity contribution in [2.24, 2.45) is 0 Å². The van der Waals surface area contributed by atoms with Crippen LogP contribution in [0.25, 0.3) is 0 Å². The van der Waals surface area contributed by atoms with E-state index >= 15 is 0 Å². The molecular formula is C59H110O5. The Kier molecular flexibility index (Phi) is 53.8. The van der Waals surface area contributed by atoms with Crippen molar-refractivity contribution in [2.75, 3.05) is 19.8 Å². The molecule has 5 nitrogen and oxygen atoms in total. The third kappa shape index (κ3) is 52.7. The minimum atomic E-state index is -0.540. The van der Waals surface area contributed by atoms with Crippen molar-refractivity contribution in [1.29, 1.82) is 0 Å². The van der Waals surface area contributed by atoms with E-state index in [0.29, 0.717) is 19.4 Å². The Morgan fingerprint density at radius 3 is 1.08 bits per heavy atom. The lowest BCUT2D eigenvalue weighted by Crippen LogP contribution is -2.30. The number of hydrogen-bond acceptors (Lipinski definition) is 5. The number of esters is 2. The van der Waals surface area contributed by atoms with Gasteiger partial charge in [0.2, 0.25) is 0 Å². The maximum absolute atomic E-state index is 12.8. The fourth-order valence-electron chi connectivity index (χ4n) is 8.36. The van der Waals surface area contributed by atoms with Crippen molar-refractivity contribution in [1.82, 2.24) is 0 Å². The van der Waals surface area contributed by atoms with Crippen LogP contribution in [0.3, 0.4) is 0 Å². The van der Waals surface area contributed by atoms with Crippen molar-refractivity contribution >= 4 is 11.9 Å². The van der Waals surface area contributed by atoms with Gasteiger partial charge in [0.05, 0.1) is 6.61 Å². The zero-order valence-corrected chi connectivity index (χ0v) is 43.3. The van der Waals surface area contributed by atoms with Gasteiger partial charge < -0.3 is 14.2 Å². The van der Waals surface area contributed by atoms with E-state index in [1.807, 2.05) is 0 Å². The first-order valence-electron chi connectivity index (χ1n) is 28.5. The molecule has 0 fully saturated rings. The van der Waals surface area contributed by atoms with Gasteiger partial charge in [0.15, 0.2) is 6.10 Å². The van der Waals surface area contributed by atoms with Gasteiger partial charge in [-0.15, -0.1) is 0 Å². The van der Waals surface area contributed by atoms with Gasteiger partial charge in [-0.3, -0.25) is 9.59 Å². The summed E-state index contributed by atoms with van der Waals surface area (Å²) in [7, 11) is 0. The topological polar surface area (TPSA) is 61.8 Å². The fourth-order valence-corrected chi connectivity index (χ4v) is 8.36. The molecule has 376 valence electrons. The zero-order valence-electron chi connectivity index (χ0n) is 43.3. The molecule has 0 saturated carbocycles. The van der Waals surface area contributed by atoms with Gasteiger partial charge in [0, 0.05) is 19.4 Å². The maximum atomic E-state index is 12.8. The van der Waals surface area contributed by atoms with Crippen molar-refractivity contribution in [3.8, 4) is 0 Å². The first-order chi connectivity index (χ1) is 31.6. The molecule has 0 aliphatic heterocycles. The first-order valence-corrected chi connectivity index (χ1v) is 28.5. The van der Waals surface area contributed by atoms with E-state index in [4.69, 9.17) is 14.2 Å². The summed E-state index contributed by atoms with van der Waals surface area (Å²) >= 11 is 0. The lowest BCUT2D eigenvalue weighted by atomic mass is 10.0. The van der Waals surface area contributed by atoms with Crippen LogP contribution in [-0.2, 0) is 23.8 Å². The highest BCUT2D eigenvalue weighted by Gasteiger charge is 2.17. The largest absolute Gasteiger partial charge is 0.462 e. The Balaban J connectivity index is 4.26. The van der Waals surface area contributed by atoms with Gasteiger partial charge in [-0.25, -0.2) is 0 Å². The Morgan fingerprint density at radius 1 is 0.344 bits per heavy atom. The molecular weight excluding hydrogens is 789 g/mol. The standard InChI is InChI=1S/C59H110O5/c1-4-7-10-13-16-19-22-25-28-30-32-35-38-41-44-47-50-53-59(61)64-57(55-62-54-51-48-45-42-39-36-33-29-26-23-20-17-14-11-8-5-2)56-63-58(60)52-49-46-43-40-37-34-31-27-24-21-18-15-12-9-6-3/h18,21,25,27-28,31,57H,4-17,19-20,22-24,26,29-30,32-56H2,1-3H3/b21-18-,28-25-,31-27-/t57-/m1/s1. The molecule has 0 unspecified atom stereocenters. The van der Waals surface area contributed by atoms with E-state index in [1.165, 1.54) is 218 Å². The number of unbranched alkanes of at least 4 members (excludes halogenated alkanes) is 36. The van der Waals surface area contributed by atoms with Crippen LogP contribution >= 0.6 is 0 Å². The lowest BCUT2D eigenvalue weighted by Gasteiger charge is -2.18. The van der Waals surface area contributed by atoms with E-state index in [1.54, 1.807) is 0 Å². The molecule has 0 N–H and O–H groups in total. The molecule has 0 aromatic carbocycles. The smallest absolute Gasteiger partial charge is 0.306 e. The summed E-state index contributed by atoms with van der Waals surface area (Å²) in [6.45, 7) is 7.84. The number of carbonyl (C=O) groups is 2. The Bertz CT molecular complexity index is 1020. The predicted molar refractivity (Wildman–Crippen MR) is 279 cm³/mol. The van der Waals surface area contributed by atoms with E-state index in [-0.39, 0.29) is 25.2 Å². The summed E-state index contributed by atoms with van der Waals surface area (Å²) in [6, 6.07) is 0. The van der Waals surface area contributed by atoms with Crippen LogP contribution in [0.15, 0.2) is 36.5 Å². The average Bonchev–Trinajstić information content (AvgIpc) is 3.30. The molecule has 0 aromatic rings. The molecule has 0 rings (SSSR count). The normalized spacial score (nSPS) is 12.4. The zero-order chi connectivity index (χ0) is 46.3. The Labute approximate surface area is 400 Å². The first kappa shape index (κ1) is 62.1. The molecule has 0 bridgehead atoms. The molecule has 0 radical (unpaired) electrons. The second kappa shape index (κ2) is 55.4. The monoisotopic (exact) mass is 899 g/mol. The SMILES string of the molecule is CCCCC/C=C\C/C=C\CCCCCCCC(=O)OC[C@@H](COCCCCCCCCCCCCCCCCCC)OC(=O)CCCCCCCCC/C=C\CCCCCCCC. The van der Waals surface area contributed by atoms with Crippen LogP contribution < -0.4 is 0 Å². The van der Waals surface area contributed by atoms with Crippen LogP contribution in [0.5, 0.6) is 0 Å². The number of rotatable bonds is 53. The summed E-state index contributed by atoms with van der Waals surface area (Å²) in [5, 5.41) is 0. The molecule has 0 heterocycles. The quantitative estimate of drug-likeness (QED) is 0.0346. The third-order valence-electron chi connectivity index (χ3n) is 12.6. The number of hydrogen-bond donors (Lipinski definition) is 0. The number of allylic oxidation sites excluding steroid dienone is 6. The predicted octanol–water partition coefficient (Wildman–Crippen LogP) is 19.4. The van der Waals surface area contributed by atoms with E-state index in [9.17, 15) is 9.59 Å². The van der Waals surface area contributed by atoms with Gasteiger partial charge in [0.1, 0.15) is 6.61 Å². The Morgan fingerprint density at radius 2 is 0.656 bits per heavy atom. The van der Waals surface area contributed by atoms with Crippen LogP contribution in [-0.4, -0.2) is 37.9 Å². The van der Waals surface area contributed by atoms with Crippen molar-refractivity contribution in [3.05, 3.63) is 36.5 Å². The van der Waals surface area contributed by atoms with Crippen LogP contribution in [0, 0.1) is 0 Å². The molecule has 0 saturated heterocycles. The van der Waals surface area contributed by atoms with Gasteiger partial charge in [-0.2, -0.15) is 0 Å². The minimum absolute atomic E-state index is 0.0814. The second-order valence-electron chi connectivity index (χ2n) is 19.2. The van der Waals surface area contributed by atoms with E-state index < -0.39 is 6.10 Å². The minimum Gasteiger partial charge on any atom is -0.462 e. The highest BCUT2D eigenvalue weighted by molar-refractivity contribution is 5.70. The van der Waals surface area contributed by atoms with Crippen molar-refractivity contribution in [3.63, 3.8) is 0 Å². The van der Waals surface area contributed by atoms with Crippen LogP contribution in [0.1, 0.15) is 303 Å². The maximum Gasteiger partial charge on any atom is 0.306 e. The summed E-state index contributed by atoms with van der Waals surface area (Å²) in [5.74, 6) is -0.401. The summed E-state index contributed by atoms with van der Waals surface area (Å²) < 4.78 is 17.5. The summed E-state index contributed by atoms with van der Waals surface area (Å²) in [6.07, 6.45) is 67.3. The molecule has 0 aliphatic carbocycles. The number of carbonyl (C=O) groups excluding carboxylic acids is 2. The molecule has 5 heteroatoms. The molecule has 0 aromatic heterocycles. The lowest BCUT2D eigenvalue weighted by molar-refractivity contribution is -0.163. The van der Waals surface area contributed by atoms with Crippen molar-refractivity contribution in [2.45, 2.75) is 309 Å². The molecule has 0 aliphatic rings. The number of ether oxygens (including phenoxy) is 3. The second-order valence-corrected chi connectivity index (χ2v) is 19.2. The summed E-state index contributed by atoms with van der Waals surface area (Å²) in [4.78, 5) is 25.5. The van der Waals surface area contributed by atoms with E-state index in [0.717, 1.165) is 51.4 Å². The van der Waals surface area contributed by atoms with Gasteiger partial charge in [-0.1, -0.05) is 250 Å². The fraction of sp³-hybridized carbons (Fsp3) is 0.864. The highest BCUT2D eigenvalue weighted by atomic mass is 16.6. The van der Waals surface area contributed by atoms with Crippen molar-refractivity contribution < 1.29 is 23.8 Å². The average molecular weight is 900 g/mol. The van der Waals surface area contributed by atoms with Crippen LogP contribution in [0.4, 0.5) is 0 Å². The molecule has 0 spiro atoms. The molecule has 0 amide bonds. The van der Waals surface area contributed by atoms with E-state index in [2.05, 4.69) is 57.2 Å². The van der Waals surface area contributed by atoms with Gasteiger partial charge in [0.25, 0.3) is 0 Å². The van der Waals surface area contributed by atoms with Gasteiger partial charge >= 0.3 is 11.9 Å².